The summed E-state index contributed by atoms with van der Waals surface area (Å²) in [5.74, 6) is -1.21. The van der Waals surface area contributed by atoms with Crippen LogP contribution >= 0.6 is 0 Å². The van der Waals surface area contributed by atoms with Gasteiger partial charge in [0.05, 0.1) is 0 Å². The van der Waals surface area contributed by atoms with Crippen LogP contribution in [0.4, 0.5) is 0 Å². The van der Waals surface area contributed by atoms with Crippen LogP contribution in [0.3, 0.4) is 0 Å². The maximum atomic E-state index is 11.5. The van der Waals surface area contributed by atoms with E-state index in [0.717, 1.165) is 5.39 Å². The fourth-order valence-corrected chi connectivity index (χ4v) is 2.02. The summed E-state index contributed by atoms with van der Waals surface area (Å²) < 4.78 is 5.47. The SMILES string of the molecule is CNC(=O)C(C)Oc1ccc2ccccc2c1C(=O)O. The standard InChI is InChI=1S/C15H15NO4/c1-9(14(17)16-2)20-12-8-7-10-5-3-4-6-11(10)13(12)15(18)19/h3-9H,1-2H3,(H,16,17)(H,18,19). The molecular weight excluding hydrogens is 258 g/mol. The maximum Gasteiger partial charge on any atom is 0.340 e. The highest BCUT2D eigenvalue weighted by atomic mass is 16.5. The number of fused-ring (bicyclic) bond motifs is 1. The van der Waals surface area contributed by atoms with E-state index in [-0.39, 0.29) is 17.2 Å². The summed E-state index contributed by atoms with van der Waals surface area (Å²) >= 11 is 0. The van der Waals surface area contributed by atoms with Gasteiger partial charge in [-0.1, -0.05) is 30.3 Å². The molecule has 1 atom stereocenters. The number of likely N-dealkylation sites (N-methyl/N-ethyl adjacent to an activating group) is 1. The third-order valence-electron chi connectivity index (χ3n) is 3.02. The second-order valence-electron chi connectivity index (χ2n) is 4.34. The van der Waals surface area contributed by atoms with Crippen LogP contribution in [0.15, 0.2) is 36.4 Å². The van der Waals surface area contributed by atoms with Crippen molar-refractivity contribution in [2.45, 2.75) is 13.0 Å². The highest BCUT2D eigenvalue weighted by Gasteiger charge is 2.20. The Morgan fingerprint density at radius 1 is 1.20 bits per heavy atom. The Morgan fingerprint density at radius 2 is 1.90 bits per heavy atom. The normalized spacial score (nSPS) is 11.9. The minimum absolute atomic E-state index is 0.0684. The molecule has 0 aromatic heterocycles. The van der Waals surface area contributed by atoms with Gasteiger partial charge in [0.2, 0.25) is 0 Å². The lowest BCUT2D eigenvalue weighted by atomic mass is 10.0. The highest BCUT2D eigenvalue weighted by Crippen LogP contribution is 2.28. The minimum Gasteiger partial charge on any atom is -0.480 e. The third-order valence-corrected chi connectivity index (χ3v) is 3.02. The Labute approximate surface area is 116 Å². The quantitative estimate of drug-likeness (QED) is 0.894. The van der Waals surface area contributed by atoms with Gasteiger partial charge in [0.25, 0.3) is 5.91 Å². The van der Waals surface area contributed by atoms with Crippen LogP contribution in [0.25, 0.3) is 10.8 Å². The first-order valence-electron chi connectivity index (χ1n) is 6.18. The molecule has 0 saturated carbocycles. The first-order valence-corrected chi connectivity index (χ1v) is 6.18. The monoisotopic (exact) mass is 273 g/mol. The van der Waals surface area contributed by atoms with Gasteiger partial charge in [-0.3, -0.25) is 4.79 Å². The largest absolute Gasteiger partial charge is 0.480 e. The van der Waals surface area contributed by atoms with E-state index >= 15 is 0 Å². The van der Waals surface area contributed by atoms with Gasteiger partial charge in [-0.25, -0.2) is 4.79 Å². The van der Waals surface area contributed by atoms with Gasteiger partial charge in [0, 0.05) is 7.05 Å². The van der Waals surface area contributed by atoms with Gasteiger partial charge in [-0.05, 0) is 23.8 Å². The summed E-state index contributed by atoms with van der Waals surface area (Å²) in [6.07, 6.45) is -0.765. The molecule has 5 nitrogen and oxygen atoms in total. The number of ether oxygens (including phenoxy) is 1. The molecule has 2 rings (SSSR count). The number of nitrogens with one attached hydrogen (secondary N) is 1. The lowest BCUT2D eigenvalue weighted by molar-refractivity contribution is -0.126. The van der Waals surface area contributed by atoms with Crippen LogP contribution in [0.1, 0.15) is 17.3 Å². The second kappa shape index (κ2) is 5.61. The van der Waals surface area contributed by atoms with Crippen molar-refractivity contribution in [3.63, 3.8) is 0 Å². The smallest absolute Gasteiger partial charge is 0.340 e. The maximum absolute atomic E-state index is 11.5. The van der Waals surface area contributed by atoms with E-state index < -0.39 is 12.1 Å². The predicted molar refractivity (Wildman–Crippen MR) is 75.1 cm³/mol. The summed E-state index contributed by atoms with van der Waals surface area (Å²) in [7, 11) is 1.50. The molecular formula is C15H15NO4. The van der Waals surface area contributed by atoms with Crippen LogP contribution < -0.4 is 10.1 Å². The Bertz CT molecular complexity index is 666. The zero-order valence-electron chi connectivity index (χ0n) is 11.2. The van der Waals surface area contributed by atoms with E-state index in [9.17, 15) is 14.7 Å². The molecule has 0 bridgehead atoms. The number of amides is 1. The molecule has 0 fully saturated rings. The van der Waals surface area contributed by atoms with Gasteiger partial charge < -0.3 is 15.2 Å². The Morgan fingerprint density at radius 3 is 2.55 bits per heavy atom. The third kappa shape index (κ3) is 2.56. The molecule has 0 aliphatic heterocycles. The van der Waals surface area contributed by atoms with Crippen molar-refractivity contribution in [1.82, 2.24) is 5.32 Å². The van der Waals surface area contributed by atoms with E-state index in [1.165, 1.54) is 7.05 Å². The van der Waals surface area contributed by atoms with Crippen molar-refractivity contribution >= 4 is 22.6 Å². The van der Waals surface area contributed by atoms with E-state index in [4.69, 9.17) is 4.74 Å². The molecule has 2 N–H and O–H groups in total. The van der Waals surface area contributed by atoms with E-state index in [2.05, 4.69) is 5.32 Å². The molecule has 2 aromatic rings. The van der Waals surface area contributed by atoms with Gasteiger partial charge in [0.1, 0.15) is 11.3 Å². The number of hydrogen-bond acceptors (Lipinski definition) is 3. The summed E-state index contributed by atoms with van der Waals surface area (Å²) in [6.45, 7) is 1.57. The zero-order valence-corrected chi connectivity index (χ0v) is 11.2. The summed E-state index contributed by atoms with van der Waals surface area (Å²) in [5, 5.41) is 13.2. The molecule has 20 heavy (non-hydrogen) atoms. The van der Waals surface area contributed by atoms with Gasteiger partial charge in [-0.2, -0.15) is 0 Å². The van der Waals surface area contributed by atoms with Gasteiger partial charge >= 0.3 is 5.97 Å². The highest BCUT2D eigenvalue weighted by molar-refractivity contribution is 6.06. The summed E-state index contributed by atoms with van der Waals surface area (Å²) in [4.78, 5) is 23.0. The Kier molecular flexibility index (Phi) is 3.89. The van der Waals surface area contributed by atoms with Crippen LogP contribution in [-0.2, 0) is 4.79 Å². The molecule has 0 aliphatic rings. The van der Waals surface area contributed by atoms with E-state index in [1.54, 1.807) is 31.2 Å². The van der Waals surface area contributed by atoms with Crippen LogP contribution in [0.2, 0.25) is 0 Å². The average Bonchev–Trinajstić information content (AvgIpc) is 2.45. The van der Waals surface area contributed by atoms with Crippen molar-refractivity contribution < 1.29 is 19.4 Å². The Hall–Kier alpha value is -2.56. The molecule has 0 heterocycles. The number of rotatable bonds is 4. The van der Waals surface area contributed by atoms with Crippen LogP contribution in [-0.4, -0.2) is 30.1 Å². The van der Waals surface area contributed by atoms with Gasteiger partial charge in [-0.15, -0.1) is 0 Å². The van der Waals surface area contributed by atoms with Crippen molar-refractivity contribution in [3.05, 3.63) is 42.0 Å². The lowest BCUT2D eigenvalue weighted by Crippen LogP contribution is -2.34. The van der Waals surface area contributed by atoms with Gasteiger partial charge in [0.15, 0.2) is 6.10 Å². The predicted octanol–water partition coefficient (Wildman–Crippen LogP) is 2.05. The molecule has 0 aliphatic carbocycles. The van der Waals surface area contributed by atoms with Crippen molar-refractivity contribution in [2.24, 2.45) is 0 Å². The minimum atomic E-state index is -1.08. The fraction of sp³-hybridized carbons (Fsp3) is 0.200. The topological polar surface area (TPSA) is 75.6 Å². The lowest BCUT2D eigenvalue weighted by Gasteiger charge is -2.16. The molecule has 0 radical (unpaired) electrons. The first-order chi connectivity index (χ1) is 9.54. The number of benzene rings is 2. The summed E-state index contributed by atoms with van der Waals surface area (Å²) in [5.41, 5.74) is 0.0684. The molecule has 2 aromatic carbocycles. The molecule has 104 valence electrons. The molecule has 0 spiro atoms. The van der Waals surface area contributed by atoms with E-state index in [1.807, 2.05) is 12.1 Å². The molecule has 5 heteroatoms. The Balaban J connectivity index is 2.50. The van der Waals surface area contributed by atoms with Crippen molar-refractivity contribution in [1.29, 1.82) is 0 Å². The molecule has 1 amide bonds. The van der Waals surface area contributed by atoms with Crippen LogP contribution in [0.5, 0.6) is 5.75 Å². The number of carbonyl (C=O) groups is 2. The number of carboxylic acids is 1. The number of carboxylic acid groups (broad SMARTS) is 1. The second-order valence-corrected chi connectivity index (χ2v) is 4.34. The molecule has 1 unspecified atom stereocenters. The fourth-order valence-electron chi connectivity index (χ4n) is 2.02. The van der Waals surface area contributed by atoms with E-state index in [0.29, 0.717) is 5.39 Å². The number of aromatic carboxylic acids is 1. The zero-order chi connectivity index (χ0) is 14.7. The average molecular weight is 273 g/mol. The van der Waals surface area contributed by atoms with Crippen LogP contribution in [0, 0.1) is 0 Å². The number of carbonyl (C=O) groups excluding carboxylic acids is 1. The molecule has 0 saturated heterocycles. The summed E-state index contributed by atoms with van der Waals surface area (Å²) in [6, 6.07) is 10.5. The first kappa shape index (κ1) is 13.9. The van der Waals surface area contributed by atoms with Crippen molar-refractivity contribution in [3.8, 4) is 5.75 Å². The van der Waals surface area contributed by atoms with Crippen molar-refractivity contribution in [2.75, 3.05) is 7.05 Å². The number of hydrogen-bond donors (Lipinski definition) is 2.